The van der Waals surface area contributed by atoms with E-state index in [4.69, 9.17) is 0 Å². The summed E-state index contributed by atoms with van der Waals surface area (Å²) in [6, 6.07) is 0. The molecule has 0 aliphatic heterocycles. The number of amidine groups is 1. The zero-order valence-corrected chi connectivity index (χ0v) is 16.9. The van der Waals surface area contributed by atoms with Crippen molar-refractivity contribution in [1.82, 2.24) is 5.32 Å². The molecule has 23 heavy (non-hydrogen) atoms. The average molecular weight is 352 g/mol. The number of rotatable bonds is 4. The van der Waals surface area contributed by atoms with Crippen molar-refractivity contribution in [3.05, 3.63) is 47.9 Å². The summed E-state index contributed by atoms with van der Waals surface area (Å²) in [6.45, 7) is 18.1. The van der Waals surface area contributed by atoms with Crippen LogP contribution in [0.1, 0.15) is 47.5 Å². The molecule has 0 unspecified atom stereocenters. The number of nitrogens with one attached hydrogen (secondary N) is 1. The first-order valence-corrected chi connectivity index (χ1v) is 7.76. The van der Waals surface area contributed by atoms with Gasteiger partial charge in [0.25, 0.3) is 0 Å². The summed E-state index contributed by atoms with van der Waals surface area (Å²) in [5, 5.41) is 3.39. The third-order valence-corrected chi connectivity index (χ3v) is 3.18. The standard InChI is InChI=1S/C16H23N3.C3H8.V/c1-7-13(11-17-5)15(18-6)19-14-9-8-12(2)10-16(14,3)4;1-3-2;/h7-9,11H,1,5,10H2,2-4,6H3,(H,18,19);3H2,1-2H3;/b13-11+;;. The van der Waals surface area contributed by atoms with Gasteiger partial charge in [0, 0.05) is 48.5 Å². The summed E-state index contributed by atoms with van der Waals surface area (Å²) in [5.74, 6) is 0.759. The summed E-state index contributed by atoms with van der Waals surface area (Å²) >= 11 is 0. The quantitative estimate of drug-likeness (QED) is 0.429. The Morgan fingerprint density at radius 3 is 2.30 bits per heavy atom. The minimum absolute atomic E-state index is 0. The smallest absolute Gasteiger partial charge is 0.133 e. The Hall–Kier alpha value is -1.32. The Labute approximate surface area is 154 Å². The molecule has 1 radical (unpaired) electrons. The van der Waals surface area contributed by atoms with Gasteiger partial charge in [0.2, 0.25) is 0 Å². The molecule has 4 heteroatoms. The maximum absolute atomic E-state index is 4.27. The SMILES string of the molecule is C=C/C(=C\N=C)C(=NC)NC1=CC=C(C)CC1(C)C.CCC.[V]. The van der Waals surface area contributed by atoms with Crippen LogP contribution in [0, 0.1) is 5.41 Å². The summed E-state index contributed by atoms with van der Waals surface area (Å²) in [5.41, 5.74) is 3.44. The van der Waals surface area contributed by atoms with Gasteiger partial charge in [-0.3, -0.25) is 9.98 Å². The van der Waals surface area contributed by atoms with E-state index in [1.54, 1.807) is 19.3 Å². The van der Waals surface area contributed by atoms with Gasteiger partial charge >= 0.3 is 0 Å². The number of hydrogen-bond donors (Lipinski definition) is 1. The molecule has 0 amide bonds. The fourth-order valence-corrected chi connectivity index (χ4v) is 2.21. The van der Waals surface area contributed by atoms with E-state index in [0.717, 1.165) is 23.5 Å². The van der Waals surface area contributed by atoms with Crippen molar-refractivity contribution in [3.8, 4) is 0 Å². The third-order valence-electron chi connectivity index (χ3n) is 3.18. The van der Waals surface area contributed by atoms with Crippen molar-refractivity contribution in [2.45, 2.75) is 47.5 Å². The Morgan fingerprint density at radius 1 is 1.35 bits per heavy atom. The molecule has 1 rings (SSSR count). The largest absolute Gasteiger partial charge is 0.343 e. The number of aliphatic imine (C=N–C) groups is 2. The van der Waals surface area contributed by atoms with Crippen LogP contribution in [0.5, 0.6) is 0 Å². The zero-order chi connectivity index (χ0) is 17.2. The Kier molecular flexibility index (Phi) is 12.6. The van der Waals surface area contributed by atoms with E-state index < -0.39 is 0 Å². The van der Waals surface area contributed by atoms with Gasteiger partial charge in [-0.05, 0) is 26.1 Å². The second-order valence-electron chi connectivity index (χ2n) is 6.03. The van der Waals surface area contributed by atoms with Crippen LogP contribution in [0.2, 0.25) is 0 Å². The Balaban J connectivity index is 0. The summed E-state index contributed by atoms with van der Waals surface area (Å²) < 4.78 is 0. The first kappa shape index (κ1) is 23.9. The second kappa shape index (κ2) is 12.1. The van der Waals surface area contributed by atoms with Crippen molar-refractivity contribution in [2.75, 3.05) is 7.05 Å². The molecule has 1 N–H and O–H groups in total. The van der Waals surface area contributed by atoms with Gasteiger partial charge in [0.05, 0.1) is 0 Å². The van der Waals surface area contributed by atoms with Crippen LogP contribution in [-0.2, 0) is 18.6 Å². The molecule has 0 fully saturated rings. The van der Waals surface area contributed by atoms with Crippen LogP contribution in [0.25, 0.3) is 0 Å². The van der Waals surface area contributed by atoms with E-state index in [1.807, 2.05) is 0 Å². The van der Waals surface area contributed by atoms with Gasteiger partial charge in [-0.1, -0.05) is 58.4 Å². The average Bonchev–Trinajstić information content (AvgIpc) is 2.44. The number of nitrogens with zero attached hydrogens (tertiary/aromatic N) is 2. The summed E-state index contributed by atoms with van der Waals surface area (Å²) in [4.78, 5) is 8.05. The van der Waals surface area contributed by atoms with Crippen LogP contribution in [0.3, 0.4) is 0 Å². The predicted octanol–water partition coefficient (Wildman–Crippen LogP) is 5.05. The Morgan fingerprint density at radius 2 is 1.91 bits per heavy atom. The van der Waals surface area contributed by atoms with Gasteiger partial charge < -0.3 is 5.32 Å². The molecule has 1 aliphatic carbocycles. The van der Waals surface area contributed by atoms with Gasteiger partial charge in [-0.2, -0.15) is 0 Å². The summed E-state index contributed by atoms with van der Waals surface area (Å²) in [6.07, 6.45) is 9.92. The van der Waals surface area contributed by atoms with Crippen molar-refractivity contribution in [3.63, 3.8) is 0 Å². The molecule has 0 atom stereocenters. The number of hydrogen-bond acceptors (Lipinski definition) is 2. The van der Waals surface area contributed by atoms with E-state index in [-0.39, 0.29) is 24.0 Å². The van der Waals surface area contributed by atoms with Gasteiger partial charge in [-0.15, -0.1) is 0 Å². The molecule has 0 saturated heterocycles. The van der Waals surface area contributed by atoms with Crippen LogP contribution < -0.4 is 5.32 Å². The van der Waals surface area contributed by atoms with Gasteiger partial charge in [0.1, 0.15) is 5.84 Å². The predicted molar refractivity (Wildman–Crippen MR) is 101 cm³/mol. The molecule has 127 valence electrons. The van der Waals surface area contributed by atoms with Crippen molar-refractivity contribution in [2.24, 2.45) is 15.4 Å². The molecule has 0 bridgehead atoms. The molecule has 0 saturated carbocycles. The van der Waals surface area contributed by atoms with Gasteiger partial charge in [-0.25, -0.2) is 0 Å². The minimum atomic E-state index is 0. The maximum atomic E-state index is 4.27. The van der Waals surface area contributed by atoms with Crippen molar-refractivity contribution >= 4 is 12.6 Å². The molecule has 0 aromatic carbocycles. The normalized spacial score (nSPS) is 16.8. The monoisotopic (exact) mass is 352 g/mol. The fraction of sp³-hybridized carbons (Fsp3) is 0.474. The van der Waals surface area contributed by atoms with E-state index in [9.17, 15) is 0 Å². The van der Waals surface area contributed by atoms with Crippen LogP contribution >= 0.6 is 0 Å². The minimum Gasteiger partial charge on any atom is -0.343 e. The first-order chi connectivity index (χ1) is 10.4. The van der Waals surface area contributed by atoms with Crippen molar-refractivity contribution in [1.29, 1.82) is 0 Å². The fourth-order valence-electron chi connectivity index (χ4n) is 2.21. The summed E-state index contributed by atoms with van der Waals surface area (Å²) in [7, 11) is 1.75. The number of allylic oxidation sites excluding steroid dienone is 4. The van der Waals surface area contributed by atoms with E-state index in [0.29, 0.717) is 0 Å². The topological polar surface area (TPSA) is 36.8 Å². The second-order valence-corrected chi connectivity index (χ2v) is 6.03. The molecular formula is C19H31N3V. The molecular weight excluding hydrogens is 321 g/mol. The zero-order valence-electron chi connectivity index (χ0n) is 15.5. The molecule has 3 nitrogen and oxygen atoms in total. The Bertz CT molecular complexity index is 509. The first-order valence-electron chi connectivity index (χ1n) is 7.76. The van der Waals surface area contributed by atoms with E-state index >= 15 is 0 Å². The molecule has 0 spiro atoms. The van der Waals surface area contributed by atoms with Crippen LogP contribution in [-0.4, -0.2) is 19.6 Å². The molecule has 0 aromatic rings. The van der Waals surface area contributed by atoms with Crippen molar-refractivity contribution < 1.29 is 18.6 Å². The maximum Gasteiger partial charge on any atom is 0.133 e. The molecule has 0 aromatic heterocycles. The molecule has 1 aliphatic rings. The third kappa shape index (κ3) is 8.19. The van der Waals surface area contributed by atoms with E-state index in [2.05, 4.69) is 75.4 Å². The van der Waals surface area contributed by atoms with Crippen LogP contribution in [0.15, 0.2) is 57.8 Å². The van der Waals surface area contributed by atoms with Crippen LogP contribution in [0.4, 0.5) is 0 Å². The van der Waals surface area contributed by atoms with E-state index in [1.165, 1.54) is 12.0 Å². The molecule has 0 heterocycles. The van der Waals surface area contributed by atoms with Gasteiger partial charge in [0.15, 0.2) is 0 Å².